The molecule has 0 saturated carbocycles. The molecule has 1 aromatic heterocycles. The Kier molecular flexibility index (Phi) is 2.20. The van der Waals surface area contributed by atoms with Crippen molar-refractivity contribution < 1.29 is 4.84 Å². The van der Waals surface area contributed by atoms with Crippen molar-refractivity contribution in [3.8, 4) is 0 Å². The lowest BCUT2D eigenvalue weighted by molar-refractivity contribution is 0.168. The molecule has 0 unspecified atom stereocenters. The van der Waals surface area contributed by atoms with Gasteiger partial charge in [0.25, 0.3) is 0 Å². The Balaban J connectivity index is 2.75. The maximum absolute atomic E-state index is 5.38. The minimum atomic E-state index is 0.775. The molecule has 1 rings (SSSR count). The molecule has 0 bridgehead atoms. The molecule has 0 aliphatic carbocycles. The maximum atomic E-state index is 5.38. The molecule has 0 spiro atoms. The summed E-state index contributed by atoms with van der Waals surface area (Å²) in [4.78, 5) is 8.54. The molecule has 0 radical (unpaired) electrons. The smallest absolute Gasteiger partial charge is 0.0850 e. The van der Waals surface area contributed by atoms with Gasteiger partial charge >= 0.3 is 0 Å². The largest absolute Gasteiger partial charge is 0.265 e. The average Bonchev–Trinajstić information content (AvgIpc) is 2.05. The van der Waals surface area contributed by atoms with E-state index in [0.29, 0.717) is 0 Å². The highest BCUT2D eigenvalue weighted by Gasteiger charge is 1.95. The molecule has 4 nitrogen and oxygen atoms in total. The first-order chi connectivity index (χ1) is 4.84. The number of hydrazine groups is 1. The van der Waals surface area contributed by atoms with Gasteiger partial charge in [-0.1, -0.05) is 0 Å². The topological polar surface area (TPSA) is 51.4 Å². The highest BCUT2D eigenvalue weighted by Crippen LogP contribution is 2.06. The monoisotopic (exact) mass is 139 g/mol. The Morgan fingerprint density at radius 1 is 1.50 bits per heavy atom. The lowest BCUT2D eigenvalue weighted by Crippen LogP contribution is -2.29. The number of aromatic nitrogens is 1. The Hall–Kier alpha value is -1.13. The van der Waals surface area contributed by atoms with Crippen LogP contribution in [0.15, 0.2) is 24.5 Å². The third-order valence-corrected chi connectivity index (χ3v) is 1.11. The van der Waals surface area contributed by atoms with Gasteiger partial charge in [-0.15, -0.1) is 0 Å². The Morgan fingerprint density at radius 3 is 2.60 bits per heavy atom. The maximum Gasteiger partial charge on any atom is 0.0850 e. The highest BCUT2D eigenvalue weighted by atomic mass is 16.7. The molecule has 0 amide bonds. The Bertz CT molecular complexity index is 189. The van der Waals surface area contributed by atoms with E-state index in [4.69, 9.17) is 10.7 Å². The number of hydrogen-bond donors (Lipinski definition) is 1. The first kappa shape index (κ1) is 6.98. The van der Waals surface area contributed by atoms with Crippen molar-refractivity contribution in [1.82, 2.24) is 4.98 Å². The van der Waals surface area contributed by atoms with Gasteiger partial charge < -0.3 is 0 Å². The quantitative estimate of drug-likeness (QED) is 0.473. The summed E-state index contributed by atoms with van der Waals surface area (Å²) in [6, 6.07) is 3.51. The van der Waals surface area contributed by atoms with E-state index < -0.39 is 0 Å². The van der Waals surface area contributed by atoms with Gasteiger partial charge in [-0.2, -0.15) is 5.17 Å². The minimum absolute atomic E-state index is 0.775. The van der Waals surface area contributed by atoms with Crippen LogP contribution in [0.1, 0.15) is 0 Å². The van der Waals surface area contributed by atoms with Crippen molar-refractivity contribution >= 4 is 5.69 Å². The summed E-state index contributed by atoms with van der Waals surface area (Å²) in [5, 5.41) is 1.17. The fourth-order valence-corrected chi connectivity index (χ4v) is 0.596. The molecule has 0 aromatic carbocycles. The second kappa shape index (κ2) is 3.14. The minimum Gasteiger partial charge on any atom is -0.265 e. The zero-order valence-corrected chi connectivity index (χ0v) is 5.69. The number of hydrogen-bond acceptors (Lipinski definition) is 4. The third kappa shape index (κ3) is 1.43. The van der Waals surface area contributed by atoms with Crippen LogP contribution >= 0.6 is 0 Å². The second-order valence-corrected chi connectivity index (χ2v) is 1.71. The molecule has 4 heteroatoms. The molecule has 0 fully saturated rings. The van der Waals surface area contributed by atoms with Gasteiger partial charge in [-0.3, -0.25) is 9.82 Å². The first-order valence-corrected chi connectivity index (χ1v) is 2.83. The fourth-order valence-electron chi connectivity index (χ4n) is 0.596. The lowest BCUT2D eigenvalue weighted by atomic mass is 10.4. The van der Waals surface area contributed by atoms with E-state index in [2.05, 4.69) is 4.98 Å². The molecule has 0 aliphatic heterocycles. The van der Waals surface area contributed by atoms with Gasteiger partial charge in [-0.25, -0.2) is 5.84 Å². The summed E-state index contributed by atoms with van der Waals surface area (Å²) < 4.78 is 0. The van der Waals surface area contributed by atoms with Crippen LogP contribution in [0.5, 0.6) is 0 Å². The van der Waals surface area contributed by atoms with Gasteiger partial charge in [0, 0.05) is 12.4 Å². The molecule has 2 N–H and O–H groups in total. The molecule has 10 heavy (non-hydrogen) atoms. The standard InChI is InChI=1S/C6H9N3O/c1-10-9(7)6-2-4-8-5-3-6/h2-5H,7H2,1H3. The first-order valence-electron chi connectivity index (χ1n) is 2.83. The van der Waals surface area contributed by atoms with Crippen molar-refractivity contribution in [2.24, 2.45) is 5.84 Å². The molecule has 1 aromatic rings. The van der Waals surface area contributed by atoms with Crippen LogP contribution in [-0.2, 0) is 4.84 Å². The van der Waals surface area contributed by atoms with Crippen LogP contribution in [0.4, 0.5) is 5.69 Å². The number of nitrogens with zero attached hydrogens (tertiary/aromatic N) is 2. The van der Waals surface area contributed by atoms with E-state index in [9.17, 15) is 0 Å². The highest BCUT2D eigenvalue weighted by molar-refractivity contribution is 5.39. The van der Waals surface area contributed by atoms with Gasteiger partial charge in [0.1, 0.15) is 0 Å². The third-order valence-electron chi connectivity index (χ3n) is 1.11. The summed E-state index contributed by atoms with van der Waals surface area (Å²) in [7, 11) is 1.50. The Labute approximate surface area is 59.2 Å². The van der Waals surface area contributed by atoms with E-state index >= 15 is 0 Å². The van der Waals surface area contributed by atoms with E-state index in [0.717, 1.165) is 5.69 Å². The van der Waals surface area contributed by atoms with Crippen LogP contribution in [-0.4, -0.2) is 12.1 Å². The normalized spacial score (nSPS) is 9.40. The summed E-state index contributed by atoms with van der Waals surface area (Å²) in [6.07, 6.45) is 3.29. The van der Waals surface area contributed by atoms with Crippen molar-refractivity contribution in [2.45, 2.75) is 0 Å². The van der Waals surface area contributed by atoms with Crippen molar-refractivity contribution in [1.29, 1.82) is 0 Å². The van der Waals surface area contributed by atoms with Gasteiger partial charge in [0.15, 0.2) is 0 Å². The molecule has 0 saturated heterocycles. The molecule has 0 atom stereocenters. The zero-order chi connectivity index (χ0) is 7.40. The van der Waals surface area contributed by atoms with Crippen LogP contribution in [0.25, 0.3) is 0 Å². The van der Waals surface area contributed by atoms with E-state index in [1.165, 1.54) is 12.3 Å². The SMILES string of the molecule is CON(N)c1ccncc1. The van der Waals surface area contributed by atoms with Crippen molar-refractivity contribution in [2.75, 3.05) is 12.3 Å². The fraction of sp³-hybridized carbons (Fsp3) is 0.167. The van der Waals surface area contributed by atoms with E-state index in [1.54, 1.807) is 24.5 Å². The number of nitrogens with two attached hydrogens (primary N) is 1. The van der Waals surface area contributed by atoms with E-state index in [-0.39, 0.29) is 0 Å². The van der Waals surface area contributed by atoms with Gasteiger partial charge in [0.05, 0.1) is 12.8 Å². The Morgan fingerprint density at radius 2 is 2.10 bits per heavy atom. The predicted octanol–water partition coefficient (Wildman–Crippen LogP) is 0.323. The van der Waals surface area contributed by atoms with Crippen LogP contribution in [0.3, 0.4) is 0 Å². The molecular formula is C6H9N3O. The molecule has 0 aliphatic rings. The summed E-state index contributed by atoms with van der Waals surface area (Å²) in [6.45, 7) is 0. The predicted molar refractivity (Wildman–Crippen MR) is 37.9 cm³/mol. The van der Waals surface area contributed by atoms with E-state index in [1.807, 2.05) is 0 Å². The molecule has 1 heterocycles. The zero-order valence-electron chi connectivity index (χ0n) is 5.69. The van der Waals surface area contributed by atoms with Crippen LogP contribution in [0.2, 0.25) is 0 Å². The second-order valence-electron chi connectivity index (χ2n) is 1.71. The van der Waals surface area contributed by atoms with Gasteiger partial charge in [-0.05, 0) is 12.1 Å². The van der Waals surface area contributed by atoms with Crippen LogP contribution < -0.4 is 11.0 Å². The van der Waals surface area contributed by atoms with Crippen molar-refractivity contribution in [3.05, 3.63) is 24.5 Å². The summed E-state index contributed by atoms with van der Waals surface area (Å²) in [5.74, 6) is 5.38. The number of pyridine rings is 1. The van der Waals surface area contributed by atoms with Crippen molar-refractivity contribution in [3.63, 3.8) is 0 Å². The van der Waals surface area contributed by atoms with Crippen LogP contribution in [0, 0.1) is 0 Å². The molecule has 54 valence electrons. The average molecular weight is 139 g/mol. The number of anilines is 1. The lowest BCUT2D eigenvalue weighted by Gasteiger charge is -2.13. The number of rotatable bonds is 2. The summed E-state index contributed by atoms with van der Waals surface area (Å²) in [5.41, 5.74) is 0.775. The summed E-state index contributed by atoms with van der Waals surface area (Å²) >= 11 is 0. The molecular weight excluding hydrogens is 130 g/mol. The van der Waals surface area contributed by atoms with Gasteiger partial charge in [0.2, 0.25) is 0 Å².